The molecule has 0 saturated heterocycles. The maximum atomic E-state index is 13.4. The second-order valence-corrected chi connectivity index (χ2v) is 10.8. The van der Waals surface area contributed by atoms with Crippen LogP contribution in [0.4, 0.5) is 24.5 Å². The summed E-state index contributed by atoms with van der Waals surface area (Å²) in [5.74, 6) is -1.10. The van der Waals surface area contributed by atoms with E-state index in [1.807, 2.05) is 13.8 Å². The number of H-pyrrole nitrogens is 1. The molecule has 4 rings (SSSR count). The topological polar surface area (TPSA) is 100 Å². The van der Waals surface area contributed by atoms with Gasteiger partial charge in [0.15, 0.2) is 0 Å². The number of sulfonamides is 1. The third kappa shape index (κ3) is 6.23. The summed E-state index contributed by atoms with van der Waals surface area (Å²) in [7, 11) is -3.47. The van der Waals surface area contributed by atoms with Crippen LogP contribution in [-0.2, 0) is 15.4 Å². The van der Waals surface area contributed by atoms with Crippen LogP contribution in [0.3, 0.4) is 0 Å². The van der Waals surface area contributed by atoms with Crippen LogP contribution in [-0.4, -0.2) is 32.2 Å². The Bertz CT molecular complexity index is 1570. The van der Waals surface area contributed by atoms with Crippen molar-refractivity contribution in [1.29, 1.82) is 0 Å². The monoisotopic (exact) mass is 531 g/mol. The van der Waals surface area contributed by atoms with E-state index in [0.29, 0.717) is 22.2 Å². The van der Waals surface area contributed by atoms with E-state index in [0.717, 1.165) is 11.8 Å². The molecule has 0 spiro atoms. The summed E-state index contributed by atoms with van der Waals surface area (Å²) in [6.45, 7) is 0.608. The molecule has 1 heterocycles. The minimum Gasteiger partial charge on any atom is -0.435 e. The Labute approximate surface area is 211 Å². The lowest BCUT2D eigenvalue weighted by Gasteiger charge is -2.27. The highest BCUT2D eigenvalue weighted by atomic mass is 32.2. The van der Waals surface area contributed by atoms with Crippen molar-refractivity contribution in [2.75, 3.05) is 16.3 Å². The molecule has 0 aliphatic rings. The van der Waals surface area contributed by atoms with Gasteiger partial charge in [0.2, 0.25) is 10.0 Å². The van der Waals surface area contributed by atoms with Crippen LogP contribution in [0.1, 0.15) is 35.5 Å². The van der Waals surface area contributed by atoms with E-state index in [2.05, 4.69) is 19.8 Å². The van der Waals surface area contributed by atoms with Gasteiger partial charge in [-0.25, -0.2) is 12.8 Å². The number of hydrogen-bond acceptors (Lipinski definition) is 4. The van der Waals surface area contributed by atoms with E-state index in [1.165, 1.54) is 24.3 Å². The maximum Gasteiger partial charge on any atom is 0.387 e. The summed E-state index contributed by atoms with van der Waals surface area (Å²) in [6.07, 6.45) is 1.03. The molecular weight excluding hydrogens is 507 g/mol. The Hall–Kier alpha value is -3.99. The van der Waals surface area contributed by atoms with Crippen LogP contribution >= 0.6 is 0 Å². The molecule has 3 aromatic carbocycles. The van der Waals surface area contributed by atoms with Crippen molar-refractivity contribution < 1.29 is 31.1 Å². The van der Waals surface area contributed by atoms with Crippen LogP contribution in [0.25, 0.3) is 10.9 Å². The summed E-state index contributed by atoms with van der Waals surface area (Å²) in [4.78, 5) is 15.9. The van der Waals surface area contributed by atoms with E-state index in [4.69, 9.17) is 0 Å². The molecule has 3 N–H and O–H groups in total. The minimum absolute atomic E-state index is 0.147. The number of benzene rings is 3. The second-order valence-electron chi connectivity index (χ2n) is 9.07. The van der Waals surface area contributed by atoms with Crippen molar-refractivity contribution in [3.05, 3.63) is 89.4 Å². The highest BCUT2D eigenvalue weighted by Crippen LogP contribution is 2.36. The molecule has 0 unspecified atom stereocenters. The Morgan fingerprint density at radius 2 is 1.65 bits per heavy atom. The van der Waals surface area contributed by atoms with Crippen LogP contribution in [0.15, 0.2) is 66.7 Å². The average Bonchev–Trinajstić information content (AvgIpc) is 3.21. The minimum atomic E-state index is -3.47. The number of rotatable bonds is 8. The van der Waals surface area contributed by atoms with Gasteiger partial charge in [0.05, 0.1) is 11.9 Å². The molecule has 0 saturated carbocycles. The number of alkyl halides is 2. The molecule has 37 heavy (non-hydrogen) atoms. The smallest absolute Gasteiger partial charge is 0.387 e. The first-order chi connectivity index (χ1) is 17.3. The van der Waals surface area contributed by atoms with Crippen molar-refractivity contribution >= 4 is 38.2 Å². The number of nitrogens with one attached hydrogen (secondary N) is 3. The van der Waals surface area contributed by atoms with Gasteiger partial charge in [-0.3, -0.25) is 9.52 Å². The van der Waals surface area contributed by atoms with Crippen molar-refractivity contribution in [3.8, 4) is 5.75 Å². The molecule has 1 aromatic heterocycles. The van der Waals surface area contributed by atoms with Gasteiger partial charge < -0.3 is 15.0 Å². The predicted molar refractivity (Wildman–Crippen MR) is 136 cm³/mol. The molecule has 11 heteroatoms. The summed E-state index contributed by atoms with van der Waals surface area (Å²) in [5.41, 5.74) is 1.78. The van der Waals surface area contributed by atoms with Crippen LogP contribution in [0.5, 0.6) is 5.75 Å². The van der Waals surface area contributed by atoms with Crippen LogP contribution in [0.2, 0.25) is 0 Å². The van der Waals surface area contributed by atoms with Crippen molar-refractivity contribution in [1.82, 2.24) is 4.98 Å². The van der Waals surface area contributed by atoms with E-state index in [1.54, 1.807) is 42.5 Å². The van der Waals surface area contributed by atoms with Crippen LogP contribution in [0, 0.1) is 5.82 Å². The molecule has 0 fully saturated rings. The molecule has 0 atom stereocenters. The molecule has 7 nitrogen and oxygen atoms in total. The third-order valence-corrected chi connectivity index (χ3v) is 6.45. The SMILES string of the molecule is CC(C)(c1ccc(F)cc1)c1cc(NC(=O)c2cc3ccc(NS(C)(=O)=O)cc3[nH]2)cc(OC(F)F)c1. The van der Waals surface area contributed by atoms with E-state index < -0.39 is 33.8 Å². The van der Waals surface area contributed by atoms with Gasteiger partial charge >= 0.3 is 6.61 Å². The van der Waals surface area contributed by atoms with Gasteiger partial charge in [0.1, 0.15) is 17.3 Å². The van der Waals surface area contributed by atoms with Gasteiger partial charge in [0.25, 0.3) is 5.91 Å². The Morgan fingerprint density at radius 3 is 2.30 bits per heavy atom. The average molecular weight is 532 g/mol. The number of ether oxygens (including phenoxy) is 1. The van der Waals surface area contributed by atoms with Gasteiger partial charge in [-0.1, -0.05) is 32.0 Å². The number of amides is 1. The molecule has 4 aromatic rings. The van der Waals surface area contributed by atoms with E-state index in [-0.39, 0.29) is 17.1 Å². The zero-order valence-electron chi connectivity index (χ0n) is 20.1. The molecule has 194 valence electrons. The number of carbonyl (C=O) groups is 1. The van der Waals surface area contributed by atoms with Crippen LogP contribution < -0.4 is 14.8 Å². The number of carbonyl (C=O) groups excluding carboxylic acids is 1. The lowest BCUT2D eigenvalue weighted by molar-refractivity contribution is -0.0498. The number of hydrogen-bond donors (Lipinski definition) is 3. The molecule has 0 bridgehead atoms. The largest absolute Gasteiger partial charge is 0.435 e. The maximum absolute atomic E-state index is 13.4. The normalized spacial score (nSPS) is 12.1. The summed E-state index contributed by atoms with van der Waals surface area (Å²) in [5, 5.41) is 3.36. The fourth-order valence-corrected chi connectivity index (χ4v) is 4.52. The second kappa shape index (κ2) is 9.81. The molecular formula is C26H24F3N3O4S. The van der Waals surface area contributed by atoms with Crippen molar-refractivity contribution in [2.24, 2.45) is 0 Å². The Morgan fingerprint density at radius 1 is 0.946 bits per heavy atom. The molecule has 0 aliphatic heterocycles. The first kappa shape index (κ1) is 26.1. The lowest BCUT2D eigenvalue weighted by atomic mass is 9.78. The fraction of sp³-hybridized carbons (Fsp3) is 0.192. The first-order valence-corrected chi connectivity index (χ1v) is 13.0. The molecule has 1 amide bonds. The lowest BCUT2D eigenvalue weighted by Crippen LogP contribution is -2.20. The summed E-state index contributed by atoms with van der Waals surface area (Å²) >= 11 is 0. The Balaban J connectivity index is 1.66. The van der Waals surface area contributed by atoms with E-state index >= 15 is 0 Å². The number of aromatic nitrogens is 1. The quantitative estimate of drug-likeness (QED) is 0.265. The summed E-state index contributed by atoms with van der Waals surface area (Å²) < 4.78 is 69.5. The van der Waals surface area contributed by atoms with E-state index in [9.17, 15) is 26.4 Å². The first-order valence-electron chi connectivity index (χ1n) is 11.1. The van der Waals surface area contributed by atoms with Gasteiger partial charge in [0, 0.05) is 28.1 Å². The fourth-order valence-electron chi connectivity index (χ4n) is 3.96. The van der Waals surface area contributed by atoms with Gasteiger partial charge in [-0.05, 0) is 53.6 Å². The number of aromatic amines is 1. The molecule has 0 radical (unpaired) electrons. The van der Waals surface area contributed by atoms with Gasteiger partial charge in [-0.15, -0.1) is 0 Å². The zero-order valence-corrected chi connectivity index (χ0v) is 20.9. The zero-order chi connectivity index (χ0) is 27.0. The number of anilines is 2. The van der Waals surface area contributed by atoms with Crippen molar-refractivity contribution in [2.45, 2.75) is 25.9 Å². The van der Waals surface area contributed by atoms with Gasteiger partial charge in [-0.2, -0.15) is 8.78 Å². The number of fused-ring (bicyclic) bond motifs is 1. The highest BCUT2D eigenvalue weighted by molar-refractivity contribution is 7.92. The number of halogens is 3. The third-order valence-electron chi connectivity index (χ3n) is 5.85. The molecule has 0 aliphatic carbocycles. The standard InChI is InChI=1S/C26H24F3N3O4S/c1-26(2,16-5-7-18(27)8-6-16)17-11-20(13-21(12-17)36-25(28)29)30-24(33)23-10-15-4-9-19(14-22(15)31-23)32-37(3,34)35/h4-14,25,31-32H,1-3H3,(H,30,33). The summed E-state index contributed by atoms with van der Waals surface area (Å²) in [6, 6.07) is 16.5. The Kier molecular flexibility index (Phi) is 6.92. The van der Waals surface area contributed by atoms with Crippen molar-refractivity contribution in [3.63, 3.8) is 0 Å². The predicted octanol–water partition coefficient (Wildman–Crippen LogP) is 5.86. The highest BCUT2D eigenvalue weighted by Gasteiger charge is 2.25.